The molecule has 0 radical (unpaired) electrons. The number of benzene rings is 2. The van der Waals surface area contributed by atoms with Crippen molar-refractivity contribution < 1.29 is 19.4 Å². The summed E-state index contributed by atoms with van der Waals surface area (Å²) in [5, 5.41) is 9.80. The van der Waals surface area contributed by atoms with Gasteiger partial charge in [0, 0.05) is 30.2 Å². The molecule has 2 amide bonds. The van der Waals surface area contributed by atoms with E-state index in [1.807, 2.05) is 37.3 Å². The molecular weight excluding hydrogens is 388 g/mol. The third kappa shape index (κ3) is 4.96. The zero-order valence-electron chi connectivity index (χ0n) is 13.8. The van der Waals surface area contributed by atoms with E-state index in [0.717, 1.165) is 5.69 Å². The van der Waals surface area contributed by atoms with Crippen LogP contribution in [-0.2, 0) is 0 Å². The Kier molecular flexibility index (Phi) is 6.82. The van der Waals surface area contributed by atoms with Gasteiger partial charge in [-0.25, -0.2) is 9.59 Å². The molecule has 0 aliphatic heterocycles. The summed E-state index contributed by atoms with van der Waals surface area (Å²) >= 11 is 3.23. The summed E-state index contributed by atoms with van der Waals surface area (Å²) in [5.74, 6) is 0.290. The molecule has 0 aliphatic carbocycles. The number of carbonyl (C=O) groups excluding carboxylic acids is 1. The Morgan fingerprint density at radius 1 is 1.04 bits per heavy atom. The van der Waals surface area contributed by atoms with Gasteiger partial charge in [-0.2, -0.15) is 0 Å². The van der Waals surface area contributed by atoms with Crippen molar-refractivity contribution in [2.75, 3.05) is 28.2 Å². The van der Waals surface area contributed by atoms with Crippen molar-refractivity contribution in [2.45, 2.75) is 6.92 Å². The molecule has 0 saturated carbocycles. The van der Waals surface area contributed by atoms with Crippen molar-refractivity contribution in [3.8, 4) is 5.75 Å². The van der Waals surface area contributed by atoms with E-state index in [4.69, 9.17) is 4.74 Å². The second-order valence-electron chi connectivity index (χ2n) is 5.07. The maximum absolute atomic E-state index is 12.5. The lowest BCUT2D eigenvalue weighted by Gasteiger charge is -2.21. The number of carbonyl (C=O) groups is 2. The van der Waals surface area contributed by atoms with Crippen LogP contribution < -0.4 is 14.5 Å². The molecule has 0 atom stereocenters. The van der Waals surface area contributed by atoms with Gasteiger partial charge in [-0.15, -0.1) is 0 Å². The van der Waals surface area contributed by atoms with E-state index >= 15 is 0 Å². The second-order valence-corrected chi connectivity index (χ2v) is 5.86. The fourth-order valence-corrected chi connectivity index (χ4v) is 2.67. The van der Waals surface area contributed by atoms with Crippen LogP contribution >= 0.6 is 15.9 Å². The molecular formula is C18H19BrN2O4. The van der Waals surface area contributed by atoms with E-state index in [-0.39, 0.29) is 12.3 Å². The minimum atomic E-state index is -1.07. The van der Waals surface area contributed by atoms with Gasteiger partial charge in [-0.1, -0.05) is 40.2 Å². The summed E-state index contributed by atoms with van der Waals surface area (Å²) in [5.41, 5.74) is 1.18. The molecule has 0 aliphatic rings. The Labute approximate surface area is 154 Å². The summed E-state index contributed by atoms with van der Waals surface area (Å²) in [6.45, 7) is 2.60. The molecule has 2 aromatic rings. The molecule has 25 heavy (non-hydrogen) atoms. The van der Waals surface area contributed by atoms with E-state index in [9.17, 15) is 14.7 Å². The number of halogens is 1. The maximum Gasteiger partial charge on any atom is 0.419 e. The topological polar surface area (TPSA) is 70.1 Å². The molecule has 1 N–H and O–H groups in total. The maximum atomic E-state index is 12.5. The predicted molar refractivity (Wildman–Crippen MR) is 101 cm³/mol. The summed E-state index contributed by atoms with van der Waals surface area (Å²) in [4.78, 5) is 26.5. The number of hydrogen-bond acceptors (Lipinski definition) is 3. The molecule has 0 fully saturated rings. The van der Waals surface area contributed by atoms with Gasteiger partial charge < -0.3 is 9.84 Å². The Hall–Kier alpha value is -2.54. The van der Waals surface area contributed by atoms with E-state index in [2.05, 4.69) is 15.9 Å². The molecule has 132 valence electrons. The van der Waals surface area contributed by atoms with Crippen LogP contribution in [0, 0.1) is 0 Å². The average Bonchev–Trinajstić information content (AvgIpc) is 2.61. The van der Waals surface area contributed by atoms with Crippen LogP contribution in [-0.4, -0.2) is 35.7 Å². The van der Waals surface area contributed by atoms with Gasteiger partial charge in [0.15, 0.2) is 0 Å². The van der Waals surface area contributed by atoms with Crippen LogP contribution in [0.1, 0.15) is 6.92 Å². The lowest BCUT2D eigenvalue weighted by atomic mass is 10.2. The third-order valence-corrected chi connectivity index (χ3v) is 3.83. The molecule has 2 rings (SSSR count). The summed E-state index contributed by atoms with van der Waals surface area (Å²) < 4.78 is 5.43. The lowest BCUT2D eigenvalue weighted by molar-refractivity contribution is 0.202. The highest BCUT2D eigenvalue weighted by Gasteiger charge is 2.18. The first-order chi connectivity index (χ1) is 12.1. The second kappa shape index (κ2) is 9.08. The van der Waals surface area contributed by atoms with Crippen LogP contribution in [0.5, 0.6) is 5.75 Å². The van der Waals surface area contributed by atoms with Crippen molar-refractivity contribution in [1.29, 1.82) is 0 Å². The monoisotopic (exact) mass is 406 g/mol. The largest absolute Gasteiger partial charge is 0.465 e. The highest BCUT2D eigenvalue weighted by atomic mass is 79.9. The number of hydrogen-bond donors (Lipinski definition) is 1. The van der Waals surface area contributed by atoms with Crippen LogP contribution in [0.15, 0.2) is 54.6 Å². The number of carboxylic acid groups (broad SMARTS) is 1. The minimum Gasteiger partial charge on any atom is -0.465 e. The Bertz CT molecular complexity index is 724. The fraction of sp³-hybridized carbons (Fsp3) is 0.222. The van der Waals surface area contributed by atoms with Gasteiger partial charge in [0.1, 0.15) is 5.75 Å². The number of anilines is 2. The number of alkyl halides is 1. The zero-order chi connectivity index (χ0) is 18.2. The van der Waals surface area contributed by atoms with Crippen molar-refractivity contribution in [3.05, 3.63) is 54.6 Å². The van der Waals surface area contributed by atoms with E-state index in [0.29, 0.717) is 17.6 Å². The number of ether oxygens (including phenoxy) is 1. The first kappa shape index (κ1) is 18.8. The third-order valence-electron chi connectivity index (χ3n) is 3.48. The Morgan fingerprint density at radius 3 is 2.32 bits per heavy atom. The highest BCUT2D eigenvalue weighted by molar-refractivity contribution is 9.09. The standard InChI is InChI=1S/C18H19BrN2O4/c1-2-20(14-7-4-3-5-8-14)18(24)25-16-10-6-9-15(13-16)21(12-11-19)17(22)23/h3-10,13H,2,11-12H2,1H3,(H,22,23). The smallest absolute Gasteiger partial charge is 0.419 e. The quantitative estimate of drug-likeness (QED) is 0.712. The molecule has 0 bridgehead atoms. The van der Waals surface area contributed by atoms with Crippen molar-refractivity contribution in [1.82, 2.24) is 0 Å². The van der Waals surface area contributed by atoms with Gasteiger partial charge in [0.05, 0.1) is 5.69 Å². The fourth-order valence-electron chi connectivity index (χ4n) is 2.32. The van der Waals surface area contributed by atoms with Crippen molar-refractivity contribution in [2.24, 2.45) is 0 Å². The zero-order valence-corrected chi connectivity index (χ0v) is 15.3. The van der Waals surface area contributed by atoms with Gasteiger partial charge in [-0.3, -0.25) is 9.80 Å². The first-order valence-electron chi connectivity index (χ1n) is 7.77. The summed E-state index contributed by atoms with van der Waals surface area (Å²) in [6.07, 6.45) is -1.59. The first-order valence-corrected chi connectivity index (χ1v) is 8.89. The molecule has 6 nitrogen and oxygen atoms in total. The van der Waals surface area contributed by atoms with Gasteiger partial charge >= 0.3 is 12.2 Å². The Morgan fingerprint density at radius 2 is 1.72 bits per heavy atom. The van der Waals surface area contributed by atoms with Gasteiger partial charge in [-0.05, 0) is 31.2 Å². The number of rotatable bonds is 6. The summed E-state index contributed by atoms with van der Waals surface area (Å²) in [7, 11) is 0. The minimum absolute atomic E-state index is 0.290. The highest BCUT2D eigenvalue weighted by Crippen LogP contribution is 2.23. The predicted octanol–water partition coefficient (Wildman–Crippen LogP) is 4.59. The molecule has 0 aromatic heterocycles. The van der Waals surface area contributed by atoms with Crippen LogP contribution in [0.25, 0.3) is 0 Å². The molecule has 2 aromatic carbocycles. The molecule has 0 saturated heterocycles. The van der Waals surface area contributed by atoms with E-state index < -0.39 is 12.2 Å². The molecule has 0 heterocycles. The van der Waals surface area contributed by atoms with E-state index in [1.54, 1.807) is 18.2 Å². The average molecular weight is 407 g/mol. The molecule has 0 unspecified atom stereocenters. The number of para-hydroxylation sites is 1. The van der Waals surface area contributed by atoms with Gasteiger partial charge in [0.2, 0.25) is 0 Å². The van der Waals surface area contributed by atoms with Crippen LogP contribution in [0.2, 0.25) is 0 Å². The van der Waals surface area contributed by atoms with Crippen LogP contribution in [0.3, 0.4) is 0 Å². The Balaban J connectivity index is 2.18. The number of amides is 2. The number of nitrogens with zero attached hydrogens (tertiary/aromatic N) is 2. The van der Waals surface area contributed by atoms with Crippen molar-refractivity contribution in [3.63, 3.8) is 0 Å². The lowest BCUT2D eigenvalue weighted by Crippen LogP contribution is -2.33. The molecule has 7 heteroatoms. The SMILES string of the molecule is CCN(C(=O)Oc1cccc(N(CCBr)C(=O)O)c1)c1ccccc1. The summed E-state index contributed by atoms with van der Waals surface area (Å²) in [6, 6.07) is 15.7. The van der Waals surface area contributed by atoms with E-state index in [1.165, 1.54) is 15.9 Å². The van der Waals surface area contributed by atoms with Crippen LogP contribution in [0.4, 0.5) is 21.0 Å². The van der Waals surface area contributed by atoms with Crippen molar-refractivity contribution >= 4 is 39.5 Å². The van der Waals surface area contributed by atoms with Gasteiger partial charge in [0.25, 0.3) is 0 Å². The normalized spacial score (nSPS) is 10.2. The molecule has 0 spiro atoms.